The molecule has 78 valence electrons. The van der Waals surface area contributed by atoms with E-state index in [1.54, 1.807) is 0 Å². The highest BCUT2D eigenvalue weighted by Crippen LogP contribution is 2.19. The Morgan fingerprint density at radius 1 is 1.57 bits per heavy atom. The van der Waals surface area contributed by atoms with Crippen LogP contribution in [0.1, 0.15) is 17.8 Å². The topological polar surface area (TPSA) is 27.1 Å². The Morgan fingerprint density at radius 2 is 2.36 bits per heavy atom. The van der Waals surface area contributed by atoms with Gasteiger partial charge in [-0.05, 0) is 42.9 Å². The van der Waals surface area contributed by atoms with Gasteiger partial charge in [0.25, 0.3) is 0 Å². The van der Waals surface area contributed by atoms with Crippen molar-refractivity contribution in [3.8, 4) is 0 Å². The standard InChI is InChI=1S/C10H15IN2O/c1-7-10(11)8(2)13(12-7)5-9-3-4-14-6-9/h9H,3-6H2,1-2H3. The maximum atomic E-state index is 5.36. The molecule has 3 nitrogen and oxygen atoms in total. The van der Waals surface area contributed by atoms with Crippen LogP contribution >= 0.6 is 22.6 Å². The average Bonchev–Trinajstić information content (AvgIpc) is 2.73. The summed E-state index contributed by atoms with van der Waals surface area (Å²) in [5.74, 6) is 0.656. The third kappa shape index (κ3) is 1.95. The predicted molar refractivity (Wildman–Crippen MR) is 63.3 cm³/mol. The van der Waals surface area contributed by atoms with Crippen LogP contribution in [-0.2, 0) is 11.3 Å². The number of nitrogens with zero attached hydrogens (tertiary/aromatic N) is 2. The van der Waals surface area contributed by atoms with Crippen LogP contribution in [0, 0.1) is 23.3 Å². The molecule has 1 aromatic heterocycles. The van der Waals surface area contributed by atoms with Gasteiger partial charge in [0.1, 0.15) is 0 Å². The molecule has 0 spiro atoms. The molecule has 4 heteroatoms. The predicted octanol–water partition coefficient (Wildman–Crippen LogP) is 2.14. The van der Waals surface area contributed by atoms with E-state index in [0.29, 0.717) is 5.92 Å². The summed E-state index contributed by atoms with van der Waals surface area (Å²) in [7, 11) is 0. The Kier molecular flexibility index (Phi) is 3.11. The molecule has 0 aromatic carbocycles. The summed E-state index contributed by atoms with van der Waals surface area (Å²) in [5.41, 5.74) is 2.43. The van der Waals surface area contributed by atoms with Crippen molar-refractivity contribution in [1.29, 1.82) is 0 Å². The number of ether oxygens (including phenoxy) is 1. The van der Waals surface area contributed by atoms with Crippen LogP contribution in [0.3, 0.4) is 0 Å². The molecule has 0 bridgehead atoms. The van der Waals surface area contributed by atoms with Gasteiger partial charge in [-0.2, -0.15) is 5.10 Å². The van der Waals surface area contributed by atoms with Crippen molar-refractivity contribution in [2.24, 2.45) is 5.92 Å². The fourth-order valence-corrected chi connectivity index (χ4v) is 2.21. The van der Waals surface area contributed by atoms with Crippen LogP contribution in [0.2, 0.25) is 0 Å². The zero-order chi connectivity index (χ0) is 10.1. The fourth-order valence-electron chi connectivity index (χ4n) is 1.82. The number of aryl methyl sites for hydroxylation is 1. The van der Waals surface area contributed by atoms with Crippen molar-refractivity contribution in [2.45, 2.75) is 26.8 Å². The highest BCUT2D eigenvalue weighted by molar-refractivity contribution is 14.1. The van der Waals surface area contributed by atoms with Crippen molar-refractivity contribution < 1.29 is 4.74 Å². The lowest BCUT2D eigenvalue weighted by Gasteiger charge is -2.09. The van der Waals surface area contributed by atoms with Crippen molar-refractivity contribution in [1.82, 2.24) is 9.78 Å². The molecule has 1 unspecified atom stereocenters. The highest BCUT2D eigenvalue weighted by atomic mass is 127. The summed E-state index contributed by atoms with van der Waals surface area (Å²) in [6.45, 7) is 7.03. The first-order chi connectivity index (χ1) is 6.68. The second-order valence-electron chi connectivity index (χ2n) is 3.90. The van der Waals surface area contributed by atoms with E-state index in [2.05, 4.69) is 46.2 Å². The molecule has 1 aromatic rings. The molecule has 0 saturated carbocycles. The van der Waals surface area contributed by atoms with E-state index in [0.717, 1.165) is 25.5 Å². The van der Waals surface area contributed by atoms with Gasteiger partial charge in [-0.3, -0.25) is 4.68 Å². The normalized spacial score (nSPS) is 21.8. The van der Waals surface area contributed by atoms with Gasteiger partial charge >= 0.3 is 0 Å². The van der Waals surface area contributed by atoms with Crippen molar-refractivity contribution in [3.63, 3.8) is 0 Å². The first-order valence-electron chi connectivity index (χ1n) is 4.95. The number of halogens is 1. The van der Waals surface area contributed by atoms with Crippen LogP contribution in [0.5, 0.6) is 0 Å². The van der Waals surface area contributed by atoms with Crippen LogP contribution < -0.4 is 0 Å². The molecule has 1 atom stereocenters. The average molecular weight is 306 g/mol. The molecule has 2 heterocycles. The summed E-state index contributed by atoms with van der Waals surface area (Å²) in [4.78, 5) is 0. The highest BCUT2D eigenvalue weighted by Gasteiger charge is 2.18. The van der Waals surface area contributed by atoms with Crippen molar-refractivity contribution in [3.05, 3.63) is 15.0 Å². The second kappa shape index (κ2) is 4.18. The number of hydrogen-bond acceptors (Lipinski definition) is 2. The van der Waals surface area contributed by atoms with E-state index in [4.69, 9.17) is 4.74 Å². The van der Waals surface area contributed by atoms with Crippen LogP contribution in [0.25, 0.3) is 0 Å². The second-order valence-corrected chi connectivity index (χ2v) is 4.98. The van der Waals surface area contributed by atoms with E-state index < -0.39 is 0 Å². The van der Waals surface area contributed by atoms with E-state index >= 15 is 0 Å². The maximum Gasteiger partial charge on any atom is 0.0729 e. The first kappa shape index (κ1) is 10.4. The van der Waals surface area contributed by atoms with Gasteiger partial charge in [-0.1, -0.05) is 0 Å². The SMILES string of the molecule is Cc1nn(CC2CCOC2)c(C)c1I. The maximum absolute atomic E-state index is 5.36. The Labute approximate surface area is 98.0 Å². The van der Waals surface area contributed by atoms with Gasteiger partial charge in [0.05, 0.1) is 15.9 Å². The van der Waals surface area contributed by atoms with Gasteiger partial charge in [0.15, 0.2) is 0 Å². The Morgan fingerprint density at radius 3 is 2.86 bits per heavy atom. The van der Waals surface area contributed by atoms with E-state index in [9.17, 15) is 0 Å². The lowest BCUT2D eigenvalue weighted by Crippen LogP contribution is -2.13. The molecule has 0 amide bonds. The van der Waals surface area contributed by atoms with Crippen molar-refractivity contribution >= 4 is 22.6 Å². The molecule has 0 aliphatic carbocycles. The summed E-state index contributed by atoms with van der Waals surface area (Å²) in [6.07, 6.45) is 1.18. The van der Waals surface area contributed by atoms with Crippen molar-refractivity contribution in [2.75, 3.05) is 13.2 Å². The minimum atomic E-state index is 0.656. The fraction of sp³-hybridized carbons (Fsp3) is 0.700. The molecule has 1 aliphatic heterocycles. The molecule has 0 N–H and O–H groups in total. The van der Waals surface area contributed by atoms with Gasteiger partial charge in [0, 0.05) is 24.8 Å². The molecule has 14 heavy (non-hydrogen) atoms. The monoisotopic (exact) mass is 306 g/mol. The van der Waals surface area contributed by atoms with Crippen LogP contribution in [0.4, 0.5) is 0 Å². The molecular formula is C10H15IN2O. The van der Waals surface area contributed by atoms with Gasteiger partial charge < -0.3 is 4.74 Å². The summed E-state index contributed by atoms with van der Waals surface area (Å²) in [5, 5.41) is 4.53. The first-order valence-corrected chi connectivity index (χ1v) is 6.03. The third-order valence-corrected chi connectivity index (χ3v) is 4.31. The smallest absolute Gasteiger partial charge is 0.0729 e. The minimum absolute atomic E-state index is 0.656. The lowest BCUT2D eigenvalue weighted by atomic mass is 10.1. The van der Waals surface area contributed by atoms with Crippen LogP contribution in [0.15, 0.2) is 0 Å². The van der Waals surface area contributed by atoms with Gasteiger partial charge in [-0.25, -0.2) is 0 Å². The molecule has 1 fully saturated rings. The third-order valence-electron chi connectivity index (χ3n) is 2.75. The summed E-state index contributed by atoms with van der Waals surface area (Å²) < 4.78 is 8.78. The molecule has 2 rings (SSSR count). The summed E-state index contributed by atoms with van der Waals surface area (Å²) in [6, 6.07) is 0. The van der Waals surface area contributed by atoms with Gasteiger partial charge in [0.2, 0.25) is 0 Å². The number of aromatic nitrogens is 2. The summed E-state index contributed by atoms with van der Waals surface area (Å²) >= 11 is 2.36. The minimum Gasteiger partial charge on any atom is -0.381 e. The van der Waals surface area contributed by atoms with E-state index in [1.165, 1.54) is 15.7 Å². The number of hydrogen-bond donors (Lipinski definition) is 0. The zero-order valence-corrected chi connectivity index (χ0v) is 10.7. The Hall–Kier alpha value is -0.100. The molecular weight excluding hydrogens is 291 g/mol. The zero-order valence-electron chi connectivity index (χ0n) is 8.59. The number of rotatable bonds is 2. The van der Waals surface area contributed by atoms with Crippen LogP contribution in [-0.4, -0.2) is 23.0 Å². The van der Waals surface area contributed by atoms with E-state index in [1.807, 2.05) is 0 Å². The molecule has 0 radical (unpaired) electrons. The molecule has 1 saturated heterocycles. The van der Waals surface area contributed by atoms with Gasteiger partial charge in [-0.15, -0.1) is 0 Å². The lowest BCUT2D eigenvalue weighted by molar-refractivity contribution is 0.181. The largest absolute Gasteiger partial charge is 0.381 e. The Balaban J connectivity index is 2.12. The molecule has 1 aliphatic rings. The quantitative estimate of drug-likeness (QED) is 0.783. The Bertz CT molecular complexity index is 329. The van der Waals surface area contributed by atoms with E-state index in [-0.39, 0.29) is 0 Å².